The number of rotatable bonds is 4. The molecule has 2 heterocycles. The fraction of sp³-hybridized carbons (Fsp3) is 0.250. The van der Waals surface area contributed by atoms with Gasteiger partial charge in [-0.15, -0.1) is 0 Å². The molecule has 0 aliphatic rings. The molecule has 0 saturated heterocycles. The van der Waals surface area contributed by atoms with Gasteiger partial charge in [0.25, 0.3) is 0 Å². The predicted octanol–water partition coefficient (Wildman–Crippen LogP) is 2.16. The number of halogens is 1. The molecule has 0 fully saturated rings. The molecule has 0 saturated carbocycles. The highest BCUT2D eigenvalue weighted by molar-refractivity contribution is 6.29. The van der Waals surface area contributed by atoms with E-state index >= 15 is 0 Å². The van der Waals surface area contributed by atoms with Gasteiger partial charge in [-0.3, -0.25) is 14.9 Å². The summed E-state index contributed by atoms with van der Waals surface area (Å²) in [7, 11) is 2.03. The second-order valence-corrected chi connectivity index (χ2v) is 4.25. The lowest BCUT2D eigenvalue weighted by atomic mass is 10.2. The van der Waals surface area contributed by atoms with Crippen molar-refractivity contribution >= 4 is 11.6 Å². The Hall–Kier alpha value is -1.52. The summed E-state index contributed by atoms with van der Waals surface area (Å²) in [6.07, 6.45) is 6.90. The maximum absolute atomic E-state index is 5.68. The second-order valence-electron chi connectivity index (χ2n) is 3.86. The van der Waals surface area contributed by atoms with Crippen LogP contribution in [0.1, 0.15) is 11.3 Å². The summed E-state index contributed by atoms with van der Waals surface area (Å²) in [5.74, 6) is 0. The van der Waals surface area contributed by atoms with Crippen molar-refractivity contribution in [1.29, 1.82) is 0 Å². The molecule has 5 heteroatoms. The molecule has 0 spiro atoms. The lowest BCUT2D eigenvalue weighted by Gasteiger charge is -2.15. The molecule has 2 aromatic rings. The Morgan fingerprint density at radius 3 is 2.71 bits per heavy atom. The van der Waals surface area contributed by atoms with E-state index in [2.05, 4.69) is 25.9 Å². The van der Waals surface area contributed by atoms with E-state index in [1.807, 2.05) is 19.3 Å². The van der Waals surface area contributed by atoms with Crippen LogP contribution in [-0.4, -0.2) is 26.9 Å². The van der Waals surface area contributed by atoms with E-state index in [0.29, 0.717) is 5.15 Å². The minimum atomic E-state index is 0.420. The summed E-state index contributed by atoms with van der Waals surface area (Å²) < 4.78 is 0. The van der Waals surface area contributed by atoms with Gasteiger partial charge in [0.05, 0.1) is 18.1 Å². The average molecular weight is 249 g/mol. The zero-order valence-corrected chi connectivity index (χ0v) is 10.3. The number of pyridine rings is 1. The summed E-state index contributed by atoms with van der Waals surface area (Å²) in [6, 6.07) is 3.99. The van der Waals surface area contributed by atoms with Gasteiger partial charge < -0.3 is 0 Å². The van der Waals surface area contributed by atoms with Crippen molar-refractivity contribution < 1.29 is 0 Å². The monoisotopic (exact) mass is 248 g/mol. The van der Waals surface area contributed by atoms with Gasteiger partial charge in [-0.25, -0.2) is 4.98 Å². The number of hydrogen-bond acceptors (Lipinski definition) is 4. The van der Waals surface area contributed by atoms with E-state index in [9.17, 15) is 0 Å². The highest BCUT2D eigenvalue weighted by Gasteiger charge is 2.03. The third kappa shape index (κ3) is 3.76. The first kappa shape index (κ1) is 12.0. The minimum absolute atomic E-state index is 0.420. The minimum Gasteiger partial charge on any atom is -0.296 e. The third-order valence-corrected chi connectivity index (χ3v) is 2.48. The average Bonchev–Trinajstić information content (AvgIpc) is 2.33. The molecule has 17 heavy (non-hydrogen) atoms. The largest absolute Gasteiger partial charge is 0.296 e. The first-order valence-electron chi connectivity index (χ1n) is 5.28. The lowest BCUT2D eigenvalue weighted by Crippen LogP contribution is -2.18. The zero-order valence-electron chi connectivity index (χ0n) is 9.55. The van der Waals surface area contributed by atoms with Crippen molar-refractivity contribution in [2.75, 3.05) is 7.05 Å². The first-order chi connectivity index (χ1) is 8.24. The van der Waals surface area contributed by atoms with Gasteiger partial charge in [0.2, 0.25) is 0 Å². The third-order valence-electron chi connectivity index (χ3n) is 2.28. The number of nitrogens with zero attached hydrogens (tertiary/aromatic N) is 4. The summed E-state index contributed by atoms with van der Waals surface area (Å²) >= 11 is 5.68. The van der Waals surface area contributed by atoms with Gasteiger partial charge in [-0.05, 0) is 18.7 Å². The standard InChI is InChI=1S/C12H13ClN4/c1-17(8-10-3-2-4-14-5-10)9-11-6-16-12(13)7-15-11/h2-7H,8-9H2,1H3. The smallest absolute Gasteiger partial charge is 0.147 e. The van der Waals surface area contributed by atoms with Crippen LogP contribution in [0.3, 0.4) is 0 Å². The fourth-order valence-corrected chi connectivity index (χ4v) is 1.65. The quantitative estimate of drug-likeness (QED) is 0.832. The molecular weight excluding hydrogens is 236 g/mol. The summed E-state index contributed by atoms with van der Waals surface area (Å²) in [5, 5.41) is 0.420. The normalized spacial score (nSPS) is 10.8. The molecule has 0 amide bonds. The second kappa shape index (κ2) is 5.70. The first-order valence-corrected chi connectivity index (χ1v) is 5.66. The molecule has 88 valence electrons. The van der Waals surface area contributed by atoms with E-state index in [1.54, 1.807) is 18.6 Å². The topological polar surface area (TPSA) is 41.9 Å². The van der Waals surface area contributed by atoms with E-state index in [4.69, 9.17) is 11.6 Å². The molecule has 0 bridgehead atoms. The Morgan fingerprint density at radius 2 is 2.06 bits per heavy atom. The molecule has 0 aromatic carbocycles. The zero-order chi connectivity index (χ0) is 12.1. The van der Waals surface area contributed by atoms with E-state index in [1.165, 1.54) is 5.56 Å². The lowest BCUT2D eigenvalue weighted by molar-refractivity contribution is 0.314. The maximum Gasteiger partial charge on any atom is 0.147 e. The highest BCUT2D eigenvalue weighted by atomic mass is 35.5. The van der Waals surface area contributed by atoms with Crippen LogP contribution < -0.4 is 0 Å². The molecule has 0 atom stereocenters. The van der Waals surface area contributed by atoms with E-state index < -0.39 is 0 Å². The van der Waals surface area contributed by atoms with E-state index in [-0.39, 0.29) is 0 Å². The number of hydrogen-bond donors (Lipinski definition) is 0. The van der Waals surface area contributed by atoms with Crippen LogP contribution in [0.5, 0.6) is 0 Å². The van der Waals surface area contributed by atoms with Gasteiger partial charge in [0, 0.05) is 25.5 Å². The van der Waals surface area contributed by atoms with Gasteiger partial charge in [0.15, 0.2) is 0 Å². The summed E-state index contributed by atoms with van der Waals surface area (Å²) in [6.45, 7) is 1.57. The van der Waals surface area contributed by atoms with Crippen LogP contribution in [0.25, 0.3) is 0 Å². The molecule has 2 rings (SSSR count). The van der Waals surface area contributed by atoms with Crippen LogP contribution >= 0.6 is 11.6 Å². The molecule has 4 nitrogen and oxygen atoms in total. The summed E-state index contributed by atoms with van der Waals surface area (Å²) in [4.78, 5) is 14.4. The van der Waals surface area contributed by atoms with Crippen LogP contribution in [0.2, 0.25) is 5.15 Å². The SMILES string of the molecule is CN(Cc1cccnc1)Cc1cnc(Cl)cn1. The predicted molar refractivity (Wildman–Crippen MR) is 66.5 cm³/mol. The Kier molecular flexibility index (Phi) is 4.01. The van der Waals surface area contributed by atoms with Gasteiger partial charge in [0.1, 0.15) is 5.15 Å². The van der Waals surface area contributed by atoms with Crippen molar-refractivity contribution in [3.05, 3.63) is 53.3 Å². The Labute approximate surface area is 105 Å². The van der Waals surface area contributed by atoms with Crippen LogP contribution in [0.15, 0.2) is 36.9 Å². The maximum atomic E-state index is 5.68. The Balaban J connectivity index is 1.93. The molecular formula is C12H13ClN4. The van der Waals surface area contributed by atoms with Crippen LogP contribution in [-0.2, 0) is 13.1 Å². The van der Waals surface area contributed by atoms with Crippen LogP contribution in [0, 0.1) is 0 Å². The molecule has 0 aliphatic heterocycles. The van der Waals surface area contributed by atoms with Crippen LogP contribution in [0.4, 0.5) is 0 Å². The molecule has 0 N–H and O–H groups in total. The van der Waals surface area contributed by atoms with E-state index in [0.717, 1.165) is 18.8 Å². The molecule has 0 radical (unpaired) electrons. The summed E-state index contributed by atoms with van der Waals surface area (Å²) in [5.41, 5.74) is 2.08. The van der Waals surface area contributed by atoms with Gasteiger partial charge >= 0.3 is 0 Å². The molecule has 0 unspecified atom stereocenters. The van der Waals surface area contributed by atoms with Gasteiger partial charge in [-0.1, -0.05) is 17.7 Å². The Morgan fingerprint density at radius 1 is 1.18 bits per heavy atom. The van der Waals surface area contributed by atoms with Gasteiger partial charge in [-0.2, -0.15) is 0 Å². The fourth-order valence-electron chi connectivity index (χ4n) is 1.56. The van der Waals surface area contributed by atoms with Crippen molar-refractivity contribution in [1.82, 2.24) is 19.9 Å². The van der Waals surface area contributed by atoms with Crippen molar-refractivity contribution in [2.24, 2.45) is 0 Å². The highest BCUT2D eigenvalue weighted by Crippen LogP contribution is 2.06. The van der Waals surface area contributed by atoms with Crippen molar-refractivity contribution in [2.45, 2.75) is 13.1 Å². The van der Waals surface area contributed by atoms with Crippen molar-refractivity contribution in [3.63, 3.8) is 0 Å². The molecule has 0 aliphatic carbocycles. The molecule has 2 aromatic heterocycles. The number of aromatic nitrogens is 3. The van der Waals surface area contributed by atoms with Crippen molar-refractivity contribution in [3.8, 4) is 0 Å². The Bertz CT molecular complexity index is 458.